The first-order chi connectivity index (χ1) is 11.2. The molecule has 0 spiro atoms. The Morgan fingerprint density at radius 2 is 2.04 bits per heavy atom. The first kappa shape index (κ1) is 13.4. The minimum absolute atomic E-state index is 0.195. The SMILES string of the molecule is COc1ccc2[nH]c(C(=O)Nc3ccc4nc[nH]c4c3)cc2c1. The molecule has 2 heterocycles. The summed E-state index contributed by atoms with van der Waals surface area (Å²) in [4.78, 5) is 22.7. The lowest BCUT2D eigenvalue weighted by molar-refractivity contribution is 0.102. The molecule has 0 radical (unpaired) electrons. The number of amides is 1. The topological polar surface area (TPSA) is 82.8 Å². The number of hydrogen-bond acceptors (Lipinski definition) is 3. The van der Waals surface area contributed by atoms with Crippen molar-refractivity contribution in [2.24, 2.45) is 0 Å². The number of carbonyl (C=O) groups is 1. The molecule has 4 aromatic rings. The minimum atomic E-state index is -0.195. The molecule has 23 heavy (non-hydrogen) atoms. The van der Waals surface area contributed by atoms with E-state index in [-0.39, 0.29) is 5.91 Å². The summed E-state index contributed by atoms with van der Waals surface area (Å²) < 4.78 is 5.20. The van der Waals surface area contributed by atoms with Gasteiger partial charge in [-0.1, -0.05) is 0 Å². The molecule has 0 fully saturated rings. The number of benzene rings is 2. The van der Waals surface area contributed by atoms with Crippen LogP contribution >= 0.6 is 0 Å². The number of fused-ring (bicyclic) bond motifs is 2. The van der Waals surface area contributed by atoms with Gasteiger partial charge in [0, 0.05) is 16.6 Å². The molecule has 0 aliphatic carbocycles. The number of H-pyrrole nitrogens is 2. The average Bonchev–Trinajstić information content (AvgIpc) is 3.19. The molecule has 0 aliphatic heterocycles. The number of imidazole rings is 1. The number of hydrogen-bond donors (Lipinski definition) is 3. The van der Waals surface area contributed by atoms with Gasteiger partial charge in [0.2, 0.25) is 0 Å². The van der Waals surface area contributed by atoms with Crippen LogP contribution in [0.4, 0.5) is 5.69 Å². The van der Waals surface area contributed by atoms with Crippen LogP contribution in [0.1, 0.15) is 10.5 Å². The van der Waals surface area contributed by atoms with Crippen LogP contribution in [0, 0.1) is 0 Å². The highest BCUT2D eigenvalue weighted by molar-refractivity contribution is 6.06. The molecule has 0 saturated heterocycles. The minimum Gasteiger partial charge on any atom is -0.497 e. The first-order valence-electron chi connectivity index (χ1n) is 7.14. The van der Waals surface area contributed by atoms with E-state index in [0.717, 1.165) is 27.7 Å². The van der Waals surface area contributed by atoms with Crippen LogP contribution in [0.3, 0.4) is 0 Å². The van der Waals surface area contributed by atoms with Crippen molar-refractivity contribution in [1.82, 2.24) is 15.0 Å². The Labute approximate surface area is 131 Å². The predicted molar refractivity (Wildman–Crippen MR) is 88.9 cm³/mol. The van der Waals surface area contributed by atoms with Crippen molar-refractivity contribution in [3.8, 4) is 5.75 Å². The van der Waals surface area contributed by atoms with Crippen LogP contribution in [0.2, 0.25) is 0 Å². The Morgan fingerprint density at radius 1 is 1.13 bits per heavy atom. The number of carbonyl (C=O) groups excluding carboxylic acids is 1. The van der Waals surface area contributed by atoms with E-state index in [9.17, 15) is 4.79 Å². The molecular formula is C17H14N4O2. The van der Waals surface area contributed by atoms with E-state index in [0.29, 0.717) is 11.4 Å². The number of aromatic amines is 2. The van der Waals surface area contributed by atoms with Crippen molar-refractivity contribution >= 4 is 33.5 Å². The summed E-state index contributed by atoms with van der Waals surface area (Å²) in [6, 6.07) is 13.0. The number of ether oxygens (including phenoxy) is 1. The van der Waals surface area contributed by atoms with E-state index >= 15 is 0 Å². The molecule has 6 nitrogen and oxygen atoms in total. The maximum Gasteiger partial charge on any atom is 0.272 e. The summed E-state index contributed by atoms with van der Waals surface area (Å²) >= 11 is 0. The Balaban J connectivity index is 1.62. The van der Waals surface area contributed by atoms with Gasteiger partial charge in [0.05, 0.1) is 24.5 Å². The number of anilines is 1. The molecule has 2 aromatic heterocycles. The Kier molecular flexibility index (Phi) is 3.01. The van der Waals surface area contributed by atoms with Gasteiger partial charge in [-0.25, -0.2) is 4.98 Å². The van der Waals surface area contributed by atoms with Gasteiger partial charge in [-0.05, 0) is 42.5 Å². The normalized spacial score (nSPS) is 11.0. The van der Waals surface area contributed by atoms with Gasteiger partial charge in [0.25, 0.3) is 5.91 Å². The molecule has 6 heteroatoms. The molecule has 0 aliphatic rings. The monoisotopic (exact) mass is 306 g/mol. The van der Waals surface area contributed by atoms with Crippen molar-refractivity contribution in [1.29, 1.82) is 0 Å². The van der Waals surface area contributed by atoms with Crippen LogP contribution in [-0.2, 0) is 0 Å². The molecule has 4 rings (SSSR count). The van der Waals surface area contributed by atoms with Gasteiger partial charge in [0.15, 0.2) is 0 Å². The number of methoxy groups -OCH3 is 1. The third-order valence-electron chi connectivity index (χ3n) is 3.75. The molecular weight excluding hydrogens is 292 g/mol. The molecule has 0 unspecified atom stereocenters. The van der Waals surface area contributed by atoms with E-state index in [1.807, 2.05) is 42.5 Å². The molecule has 1 amide bonds. The van der Waals surface area contributed by atoms with E-state index in [2.05, 4.69) is 20.3 Å². The lowest BCUT2D eigenvalue weighted by Gasteiger charge is -2.03. The zero-order chi connectivity index (χ0) is 15.8. The molecule has 0 atom stereocenters. The van der Waals surface area contributed by atoms with Crippen LogP contribution in [0.5, 0.6) is 5.75 Å². The molecule has 0 bridgehead atoms. The third-order valence-corrected chi connectivity index (χ3v) is 3.75. The molecule has 3 N–H and O–H groups in total. The van der Waals surface area contributed by atoms with Gasteiger partial charge >= 0.3 is 0 Å². The maximum absolute atomic E-state index is 12.4. The first-order valence-corrected chi connectivity index (χ1v) is 7.14. The Morgan fingerprint density at radius 3 is 2.91 bits per heavy atom. The van der Waals surface area contributed by atoms with Crippen LogP contribution in [0.15, 0.2) is 48.8 Å². The number of aromatic nitrogens is 3. The van der Waals surface area contributed by atoms with Gasteiger partial charge in [-0.2, -0.15) is 0 Å². The van der Waals surface area contributed by atoms with Gasteiger partial charge in [-0.3, -0.25) is 4.79 Å². The van der Waals surface area contributed by atoms with Crippen molar-refractivity contribution in [2.45, 2.75) is 0 Å². The highest BCUT2D eigenvalue weighted by Crippen LogP contribution is 2.22. The fourth-order valence-corrected chi connectivity index (χ4v) is 2.57. The van der Waals surface area contributed by atoms with Crippen molar-refractivity contribution in [2.75, 3.05) is 12.4 Å². The Bertz CT molecular complexity index is 1020. The van der Waals surface area contributed by atoms with Gasteiger partial charge in [0.1, 0.15) is 11.4 Å². The summed E-state index contributed by atoms with van der Waals surface area (Å²) in [6.07, 6.45) is 1.63. The van der Waals surface area contributed by atoms with Crippen molar-refractivity contribution in [3.63, 3.8) is 0 Å². The fourth-order valence-electron chi connectivity index (χ4n) is 2.57. The van der Waals surface area contributed by atoms with E-state index in [4.69, 9.17) is 4.74 Å². The number of rotatable bonds is 3. The molecule has 114 valence electrons. The van der Waals surface area contributed by atoms with E-state index in [1.165, 1.54) is 0 Å². The second kappa shape index (κ2) is 5.17. The van der Waals surface area contributed by atoms with E-state index < -0.39 is 0 Å². The average molecular weight is 306 g/mol. The highest BCUT2D eigenvalue weighted by Gasteiger charge is 2.11. The number of nitrogens with zero attached hydrogens (tertiary/aromatic N) is 1. The maximum atomic E-state index is 12.4. The largest absolute Gasteiger partial charge is 0.497 e. The van der Waals surface area contributed by atoms with Crippen molar-refractivity contribution < 1.29 is 9.53 Å². The number of nitrogens with one attached hydrogen (secondary N) is 3. The summed E-state index contributed by atoms with van der Waals surface area (Å²) in [5, 5.41) is 3.81. The molecule has 2 aromatic carbocycles. The predicted octanol–water partition coefficient (Wildman–Crippen LogP) is 3.31. The summed E-state index contributed by atoms with van der Waals surface area (Å²) in [5.74, 6) is 0.562. The lowest BCUT2D eigenvalue weighted by atomic mass is 10.2. The van der Waals surface area contributed by atoms with Gasteiger partial charge < -0.3 is 20.0 Å². The summed E-state index contributed by atoms with van der Waals surface area (Å²) in [5.41, 5.74) is 3.84. The van der Waals surface area contributed by atoms with E-state index in [1.54, 1.807) is 13.4 Å². The standard InChI is InChI=1S/C17H14N4O2/c1-23-12-3-5-13-10(6-12)7-16(21-13)17(22)20-11-2-4-14-15(8-11)19-9-18-14/h2-9,21H,1H3,(H,18,19)(H,20,22). The fraction of sp³-hybridized carbons (Fsp3) is 0.0588. The van der Waals surface area contributed by atoms with Crippen LogP contribution < -0.4 is 10.1 Å². The lowest BCUT2D eigenvalue weighted by Crippen LogP contribution is -2.12. The Hall–Kier alpha value is -3.28. The van der Waals surface area contributed by atoms with Crippen LogP contribution in [0.25, 0.3) is 21.9 Å². The zero-order valence-electron chi connectivity index (χ0n) is 12.4. The highest BCUT2D eigenvalue weighted by atomic mass is 16.5. The second-order valence-electron chi connectivity index (χ2n) is 5.22. The summed E-state index contributed by atoms with van der Waals surface area (Å²) in [6.45, 7) is 0. The van der Waals surface area contributed by atoms with Crippen LogP contribution in [-0.4, -0.2) is 28.0 Å². The second-order valence-corrected chi connectivity index (χ2v) is 5.22. The molecule has 0 saturated carbocycles. The quantitative estimate of drug-likeness (QED) is 0.543. The van der Waals surface area contributed by atoms with Gasteiger partial charge in [-0.15, -0.1) is 0 Å². The zero-order valence-corrected chi connectivity index (χ0v) is 12.4. The van der Waals surface area contributed by atoms with Crippen molar-refractivity contribution in [3.05, 3.63) is 54.5 Å². The smallest absolute Gasteiger partial charge is 0.272 e. The summed E-state index contributed by atoms with van der Waals surface area (Å²) in [7, 11) is 1.62. The third kappa shape index (κ3) is 2.40.